The summed E-state index contributed by atoms with van der Waals surface area (Å²) >= 11 is 14.7. The molecule has 0 rings (SSSR count). The first-order chi connectivity index (χ1) is 20.0. The summed E-state index contributed by atoms with van der Waals surface area (Å²) < 4.78 is 23.4. The number of hydrogen-bond acceptors (Lipinski definition) is 18. The lowest BCUT2D eigenvalue weighted by molar-refractivity contribution is 0.261. The Balaban J connectivity index is 3.44. The van der Waals surface area contributed by atoms with E-state index in [9.17, 15) is 18.0 Å². The van der Waals surface area contributed by atoms with E-state index in [-0.39, 0.29) is 22.4 Å². The molecule has 10 nitrogen and oxygen atoms in total. The van der Waals surface area contributed by atoms with Crippen molar-refractivity contribution in [2.24, 2.45) is 9.98 Å². The van der Waals surface area contributed by atoms with E-state index in [1.54, 1.807) is 70.6 Å². The number of aliphatic hydroxyl groups is 2. The predicted octanol–water partition coefficient (Wildman–Crippen LogP) is 4.81. The van der Waals surface area contributed by atoms with Gasteiger partial charge in [-0.3, -0.25) is 28.0 Å². The van der Waals surface area contributed by atoms with Crippen molar-refractivity contribution in [1.29, 1.82) is 0 Å². The summed E-state index contributed by atoms with van der Waals surface area (Å²) in [7, 11) is -2.23. The zero-order valence-corrected chi connectivity index (χ0v) is 31.9. The van der Waals surface area contributed by atoms with Gasteiger partial charge in [-0.15, -0.1) is 70.6 Å². The van der Waals surface area contributed by atoms with Gasteiger partial charge in [-0.05, 0) is 0 Å². The number of aliphatic imine (C=N–C) groups is 2. The molecular weight excluding hydrogens is 765 g/mol. The third-order valence-corrected chi connectivity index (χ3v) is 16.0. The normalized spacial score (nSPS) is 13.1. The summed E-state index contributed by atoms with van der Waals surface area (Å²) in [6.45, 7) is 0. The van der Waals surface area contributed by atoms with Gasteiger partial charge in [-0.25, -0.2) is 0 Å². The third kappa shape index (κ3) is 34.7. The predicted molar refractivity (Wildman–Crippen MR) is 204 cm³/mol. The van der Waals surface area contributed by atoms with Crippen molar-refractivity contribution in [3.8, 4) is 0 Å². The quantitative estimate of drug-likeness (QED) is 0.0370. The van der Waals surface area contributed by atoms with Crippen LogP contribution in [0, 0.1) is 0 Å². The minimum Gasteiger partial charge on any atom is -0.386 e. The SMILES string of the molecule is O=C(NCSCSCN=CS(=O)CSCO)SCCSCSCCS(=O)C=NCSCSCNC(=O)SCSCO. The van der Waals surface area contributed by atoms with Crippen molar-refractivity contribution in [2.75, 3.05) is 83.8 Å². The van der Waals surface area contributed by atoms with Gasteiger partial charge < -0.3 is 20.8 Å². The molecule has 0 heterocycles. The Bertz CT molecular complexity index is 772. The van der Waals surface area contributed by atoms with Crippen LogP contribution in [0.4, 0.5) is 9.59 Å². The van der Waals surface area contributed by atoms with Crippen LogP contribution < -0.4 is 10.6 Å². The van der Waals surface area contributed by atoms with Crippen molar-refractivity contribution in [3.63, 3.8) is 0 Å². The van der Waals surface area contributed by atoms with Gasteiger partial charge in [-0.2, -0.15) is 23.5 Å². The topological polar surface area (TPSA) is 158 Å². The van der Waals surface area contributed by atoms with E-state index in [1.807, 2.05) is 0 Å². The van der Waals surface area contributed by atoms with Crippen LogP contribution in [0.25, 0.3) is 0 Å². The smallest absolute Gasteiger partial charge is 0.280 e. The van der Waals surface area contributed by atoms with E-state index < -0.39 is 21.6 Å². The van der Waals surface area contributed by atoms with Crippen molar-refractivity contribution >= 4 is 161 Å². The molecule has 0 radical (unpaired) electrons. The number of nitrogens with zero attached hydrogens (tertiary/aromatic N) is 2. The molecule has 0 saturated carbocycles. The van der Waals surface area contributed by atoms with E-state index in [1.165, 1.54) is 46.4 Å². The number of hydrogen-bond donors (Lipinski definition) is 4. The molecular formula is C19H36N4O6S12. The lowest BCUT2D eigenvalue weighted by atomic mass is 11.0. The lowest BCUT2D eigenvalue weighted by Gasteiger charge is -2.04. The fraction of sp³-hybridized carbons (Fsp3) is 0.789. The molecule has 0 aromatic rings. The number of carbonyl (C=O) groups is 2. The molecule has 0 aliphatic carbocycles. The van der Waals surface area contributed by atoms with Crippen LogP contribution in [-0.2, 0) is 21.6 Å². The zero-order chi connectivity index (χ0) is 30.2. The molecule has 240 valence electrons. The second-order valence-electron chi connectivity index (χ2n) is 6.40. The molecule has 4 N–H and O–H groups in total. The molecule has 0 aromatic carbocycles. The van der Waals surface area contributed by atoms with Gasteiger partial charge in [0.05, 0.1) is 78.2 Å². The van der Waals surface area contributed by atoms with E-state index >= 15 is 0 Å². The average molecular weight is 801 g/mol. The first-order valence-corrected chi connectivity index (χ1v) is 25.4. The second-order valence-corrected chi connectivity index (χ2v) is 20.9. The van der Waals surface area contributed by atoms with Crippen molar-refractivity contribution in [3.05, 3.63) is 0 Å². The second kappa shape index (κ2) is 34.9. The number of nitrogens with one attached hydrogen (secondary N) is 2. The fourth-order valence-corrected chi connectivity index (χ4v) is 11.9. The van der Waals surface area contributed by atoms with Crippen LogP contribution in [0.5, 0.6) is 0 Å². The summed E-state index contributed by atoms with van der Waals surface area (Å²) in [6.07, 6.45) is 0. The van der Waals surface area contributed by atoms with Gasteiger partial charge in [0.1, 0.15) is 0 Å². The first-order valence-electron chi connectivity index (χ1n) is 11.4. The van der Waals surface area contributed by atoms with Crippen LogP contribution >= 0.6 is 118 Å². The van der Waals surface area contributed by atoms with Crippen molar-refractivity contribution < 1.29 is 28.2 Å². The standard InChI is InChI=1S/C19H36N4O6S12/c24-11-36-16-39-19(27)23-8-35-14-32-5-20-9-40(28)4-3-31-13-30-1-2-38-18(26)22-7-34-15-33-6-21-10-41(29)17-37-12-25/h9-10,24-25H,1-8,11-17H2,(H,22,26)(H,23,27). The highest BCUT2D eigenvalue weighted by atomic mass is 32.2. The van der Waals surface area contributed by atoms with Crippen LogP contribution in [0.1, 0.15) is 0 Å². The minimum atomic E-state index is -1.15. The van der Waals surface area contributed by atoms with Gasteiger partial charge in [0.2, 0.25) is 0 Å². The third-order valence-electron chi connectivity index (χ3n) is 3.40. The zero-order valence-electron chi connectivity index (χ0n) is 22.1. The first kappa shape index (κ1) is 43.0. The van der Waals surface area contributed by atoms with Crippen molar-refractivity contribution in [2.45, 2.75) is 0 Å². The largest absolute Gasteiger partial charge is 0.386 e. The molecule has 0 fully saturated rings. The molecule has 2 unspecified atom stereocenters. The van der Waals surface area contributed by atoms with Gasteiger partial charge in [0.25, 0.3) is 10.5 Å². The highest BCUT2D eigenvalue weighted by Crippen LogP contribution is 2.16. The van der Waals surface area contributed by atoms with E-state index in [2.05, 4.69) is 20.6 Å². The van der Waals surface area contributed by atoms with Crippen LogP contribution in [0.3, 0.4) is 0 Å². The Morgan fingerprint density at radius 1 is 0.634 bits per heavy atom. The Morgan fingerprint density at radius 3 is 1.83 bits per heavy atom. The molecule has 0 aliphatic heterocycles. The maximum absolute atomic E-state index is 12.0. The van der Waals surface area contributed by atoms with E-state index in [0.717, 1.165) is 44.3 Å². The highest BCUT2D eigenvalue weighted by molar-refractivity contribution is 8.24. The summed E-state index contributed by atoms with van der Waals surface area (Å²) in [6, 6.07) is 0. The number of thioether (sulfide) groups is 10. The number of amides is 2. The van der Waals surface area contributed by atoms with Gasteiger partial charge in [0.15, 0.2) is 0 Å². The molecule has 0 spiro atoms. The Labute approximate surface area is 290 Å². The van der Waals surface area contributed by atoms with E-state index in [0.29, 0.717) is 39.4 Å². The van der Waals surface area contributed by atoms with Gasteiger partial charge in [0, 0.05) is 38.3 Å². The molecule has 22 heteroatoms. The highest BCUT2D eigenvalue weighted by Gasteiger charge is 2.03. The lowest BCUT2D eigenvalue weighted by Crippen LogP contribution is -2.18. The maximum atomic E-state index is 12.0. The molecule has 0 aliphatic rings. The molecule has 0 bridgehead atoms. The van der Waals surface area contributed by atoms with Gasteiger partial charge in [-0.1, -0.05) is 23.5 Å². The Morgan fingerprint density at radius 2 is 1.20 bits per heavy atom. The summed E-state index contributed by atoms with van der Waals surface area (Å²) in [4.78, 5) is 31.6. The van der Waals surface area contributed by atoms with Crippen LogP contribution in [0.2, 0.25) is 0 Å². The van der Waals surface area contributed by atoms with Gasteiger partial charge >= 0.3 is 0 Å². The molecule has 2 atom stereocenters. The average Bonchev–Trinajstić information content (AvgIpc) is 2.96. The van der Waals surface area contributed by atoms with Crippen LogP contribution in [0.15, 0.2) is 9.98 Å². The van der Waals surface area contributed by atoms with Crippen molar-refractivity contribution in [1.82, 2.24) is 10.6 Å². The number of aliphatic hydroxyl groups excluding tert-OH is 2. The minimum absolute atomic E-state index is 0.0127. The summed E-state index contributed by atoms with van der Waals surface area (Å²) in [5.74, 6) is 5.04. The summed E-state index contributed by atoms with van der Waals surface area (Å²) in [5, 5.41) is 26.1. The van der Waals surface area contributed by atoms with Crippen LogP contribution in [-0.4, -0.2) is 124 Å². The monoisotopic (exact) mass is 800 g/mol. The molecule has 2 amide bonds. The molecule has 0 aromatic heterocycles. The maximum Gasteiger partial charge on any atom is 0.280 e. The Hall–Kier alpha value is 2.00. The number of rotatable bonds is 28. The van der Waals surface area contributed by atoms with E-state index in [4.69, 9.17) is 10.2 Å². The summed E-state index contributed by atoms with van der Waals surface area (Å²) in [5.41, 5.74) is 2.92. The molecule has 0 saturated heterocycles. The number of carbonyl (C=O) groups excluding carboxylic acids is 2. The fourth-order valence-electron chi connectivity index (χ4n) is 1.78. The Kier molecular flexibility index (Phi) is 36.6. The molecule has 41 heavy (non-hydrogen) atoms.